The molecule has 39 heavy (non-hydrogen) atoms. The number of carbonyl (C=O) groups excluding carboxylic acids is 1. The summed E-state index contributed by atoms with van der Waals surface area (Å²) >= 11 is 0. The molecule has 0 spiro atoms. The number of nitrogens with zero attached hydrogens (tertiary/aromatic N) is 1. The van der Waals surface area contributed by atoms with Gasteiger partial charge in [0.25, 0.3) is 0 Å². The predicted molar refractivity (Wildman–Crippen MR) is 144 cm³/mol. The van der Waals surface area contributed by atoms with E-state index < -0.39 is 29.8 Å². The van der Waals surface area contributed by atoms with Crippen LogP contribution in [0, 0.1) is 5.92 Å². The number of hydrogen-bond donors (Lipinski definition) is 2. The SMILES string of the molecule is CCCC(CCC)CN(CCOc1ccc(CC(OCC)C(=O)O)cc1)C(=O)Nc1ccccc1C(F)(F)F. The third kappa shape index (κ3) is 10.8. The van der Waals surface area contributed by atoms with E-state index in [4.69, 9.17) is 9.47 Å². The van der Waals surface area contributed by atoms with Crippen LogP contribution in [0.25, 0.3) is 0 Å². The van der Waals surface area contributed by atoms with Crippen molar-refractivity contribution in [2.75, 3.05) is 31.6 Å². The highest BCUT2D eigenvalue weighted by Gasteiger charge is 2.34. The van der Waals surface area contributed by atoms with Crippen molar-refractivity contribution in [2.45, 2.75) is 65.2 Å². The summed E-state index contributed by atoms with van der Waals surface area (Å²) in [6.07, 6.45) is -1.64. The molecular formula is C29H39F3N2O5. The fourth-order valence-electron chi connectivity index (χ4n) is 4.39. The Kier molecular flexibility index (Phi) is 13.1. The van der Waals surface area contributed by atoms with Gasteiger partial charge in [-0.25, -0.2) is 9.59 Å². The molecule has 0 aliphatic heterocycles. The lowest BCUT2D eigenvalue weighted by Crippen LogP contribution is -2.41. The molecule has 0 radical (unpaired) electrons. The molecule has 0 fully saturated rings. The van der Waals surface area contributed by atoms with Gasteiger partial charge in [-0.3, -0.25) is 0 Å². The molecule has 2 rings (SSSR count). The molecule has 0 bridgehead atoms. The smallest absolute Gasteiger partial charge is 0.418 e. The van der Waals surface area contributed by atoms with Crippen LogP contribution in [0.4, 0.5) is 23.7 Å². The maximum Gasteiger partial charge on any atom is 0.418 e. The molecule has 0 heterocycles. The molecule has 0 aliphatic carbocycles. The second-order valence-electron chi connectivity index (χ2n) is 9.34. The van der Waals surface area contributed by atoms with Gasteiger partial charge in [-0.15, -0.1) is 0 Å². The maximum atomic E-state index is 13.5. The number of benzene rings is 2. The average Bonchev–Trinajstić information content (AvgIpc) is 2.88. The highest BCUT2D eigenvalue weighted by atomic mass is 19.4. The van der Waals surface area contributed by atoms with E-state index in [1.807, 2.05) is 0 Å². The third-order valence-electron chi connectivity index (χ3n) is 6.25. The van der Waals surface area contributed by atoms with Crippen molar-refractivity contribution in [2.24, 2.45) is 5.92 Å². The molecule has 2 amide bonds. The highest BCUT2D eigenvalue weighted by Crippen LogP contribution is 2.34. The molecule has 0 aromatic heterocycles. The van der Waals surface area contributed by atoms with E-state index in [0.29, 0.717) is 18.9 Å². The normalized spacial score (nSPS) is 12.3. The Bertz CT molecular complexity index is 1020. The Morgan fingerprint density at radius 2 is 1.64 bits per heavy atom. The molecule has 1 unspecified atom stereocenters. The summed E-state index contributed by atoms with van der Waals surface area (Å²) < 4.78 is 51.4. The molecular weight excluding hydrogens is 513 g/mol. The van der Waals surface area contributed by atoms with Crippen molar-refractivity contribution >= 4 is 17.7 Å². The maximum absolute atomic E-state index is 13.5. The fourth-order valence-corrected chi connectivity index (χ4v) is 4.39. The van der Waals surface area contributed by atoms with E-state index in [9.17, 15) is 27.9 Å². The second kappa shape index (κ2) is 16.0. The van der Waals surface area contributed by atoms with Crippen LogP contribution in [-0.2, 0) is 22.1 Å². The molecule has 10 heteroatoms. The summed E-state index contributed by atoms with van der Waals surface area (Å²) in [5, 5.41) is 11.7. The minimum absolute atomic E-state index is 0.134. The summed E-state index contributed by atoms with van der Waals surface area (Å²) in [6, 6.07) is 11.2. The van der Waals surface area contributed by atoms with Gasteiger partial charge in [0, 0.05) is 19.6 Å². The first-order valence-corrected chi connectivity index (χ1v) is 13.4. The summed E-state index contributed by atoms with van der Waals surface area (Å²) in [5.74, 6) is -0.281. The first-order chi connectivity index (χ1) is 18.6. The van der Waals surface area contributed by atoms with Gasteiger partial charge in [0.2, 0.25) is 0 Å². The number of hydrogen-bond acceptors (Lipinski definition) is 4. The van der Waals surface area contributed by atoms with Crippen molar-refractivity contribution in [3.8, 4) is 5.75 Å². The van der Waals surface area contributed by atoms with Crippen LogP contribution in [0.5, 0.6) is 5.75 Å². The predicted octanol–water partition coefficient (Wildman–Crippen LogP) is 6.87. The van der Waals surface area contributed by atoms with E-state index in [1.165, 1.54) is 23.1 Å². The first-order valence-electron chi connectivity index (χ1n) is 13.4. The van der Waals surface area contributed by atoms with Crippen molar-refractivity contribution < 1.29 is 37.3 Å². The van der Waals surface area contributed by atoms with Crippen molar-refractivity contribution in [1.29, 1.82) is 0 Å². The Morgan fingerprint density at radius 1 is 1.00 bits per heavy atom. The van der Waals surface area contributed by atoms with Gasteiger partial charge in [0.15, 0.2) is 6.10 Å². The lowest BCUT2D eigenvalue weighted by atomic mass is 9.98. The third-order valence-corrected chi connectivity index (χ3v) is 6.25. The van der Waals surface area contributed by atoms with Crippen LogP contribution in [0.2, 0.25) is 0 Å². The van der Waals surface area contributed by atoms with Crippen LogP contribution in [0.3, 0.4) is 0 Å². The average molecular weight is 553 g/mol. The van der Waals surface area contributed by atoms with E-state index in [2.05, 4.69) is 19.2 Å². The lowest BCUT2D eigenvalue weighted by Gasteiger charge is -2.28. The lowest BCUT2D eigenvalue weighted by molar-refractivity contribution is -0.150. The number of para-hydroxylation sites is 1. The molecule has 2 N–H and O–H groups in total. The molecule has 0 saturated heterocycles. The summed E-state index contributed by atoms with van der Waals surface area (Å²) in [5.41, 5.74) is -0.414. The number of anilines is 1. The van der Waals surface area contributed by atoms with Crippen LogP contribution < -0.4 is 10.1 Å². The number of aliphatic carboxylic acids is 1. The van der Waals surface area contributed by atoms with Gasteiger partial charge in [-0.1, -0.05) is 51.0 Å². The number of ether oxygens (including phenoxy) is 2. The Hall–Kier alpha value is -3.27. The highest BCUT2D eigenvalue weighted by molar-refractivity contribution is 5.90. The van der Waals surface area contributed by atoms with Crippen molar-refractivity contribution in [1.82, 2.24) is 4.90 Å². The number of carboxylic acids is 1. The van der Waals surface area contributed by atoms with Gasteiger partial charge in [0.05, 0.1) is 17.8 Å². The van der Waals surface area contributed by atoms with E-state index >= 15 is 0 Å². The molecule has 0 saturated carbocycles. The van der Waals surface area contributed by atoms with Gasteiger partial charge in [0.1, 0.15) is 12.4 Å². The Morgan fingerprint density at radius 3 is 2.21 bits per heavy atom. The Labute approximate surface area is 228 Å². The molecule has 1 atom stereocenters. The van der Waals surface area contributed by atoms with Crippen molar-refractivity contribution in [3.05, 3.63) is 59.7 Å². The van der Waals surface area contributed by atoms with Gasteiger partial charge in [-0.2, -0.15) is 13.2 Å². The van der Waals surface area contributed by atoms with E-state index in [1.54, 1.807) is 31.2 Å². The van der Waals surface area contributed by atoms with Gasteiger partial charge in [-0.05, 0) is 55.5 Å². The molecule has 2 aromatic carbocycles. The summed E-state index contributed by atoms with van der Waals surface area (Å²) in [6.45, 7) is 6.86. The topological polar surface area (TPSA) is 88.1 Å². The number of carboxylic acid groups (broad SMARTS) is 1. The number of rotatable bonds is 16. The molecule has 7 nitrogen and oxygen atoms in total. The molecule has 216 valence electrons. The minimum atomic E-state index is -4.59. The molecule has 2 aromatic rings. The van der Waals surface area contributed by atoms with Crippen LogP contribution in [0.1, 0.15) is 57.6 Å². The number of amides is 2. The number of urea groups is 1. The molecule has 0 aliphatic rings. The Balaban J connectivity index is 2.09. The monoisotopic (exact) mass is 552 g/mol. The quantitative estimate of drug-likeness (QED) is 0.237. The largest absolute Gasteiger partial charge is 0.492 e. The number of alkyl halides is 3. The van der Waals surface area contributed by atoms with Crippen LogP contribution in [-0.4, -0.2) is 54.4 Å². The zero-order chi connectivity index (χ0) is 28.8. The summed E-state index contributed by atoms with van der Waals surface area (Å²) in [4.78, 5) is 26.0. The minimum Gasteiger partial charge on any atom is -0.492 e. The number of halogens is 3. The zero-order valence-corrected chi connectivity index (χ0v) is 22.8. The number of nitrogens with one attached hydrogen (secondary N) is 1. The zero-order valence-electron chi connectivity index (χ0n) is 22.8. The van der Waals surface area contributed by atoms with E-state index in [-0.39, 0.29) is 31.2 Å². The van der Waals surface area contributed by atoms with Crippen LogP contribution in [0.15, 0.2) is 48.5 Å². The first kappa shape index (κ1) is 31.9. The van der Waals surface area contributed by atoms with Crippen molar-refractivity contribution in [3.63, 3.8) is 0 Å². The second-order valence-corrected chi connectivity index (χ2v) is 9.34. The van der Waals surface area contributed by atoms with E-state index in [0.717, 1.165) is 37.3 Å². The van der Waals surface area contributed by atoms with Crippen LogP contribution >= 0.6 is 0 Å². The van der Waals surface area contributed by atoms with Gasteiger partial charge < -0.3 is 24.8 Å². The standard InChI is InChI=1S/C29H39F3N2O5/c1-4-9-22(10-5-2)20-34(28(37)33-25-12-8-7-11-24(25)29(30,31)32)17-18-39-23-15-13-21(14-16-23)19-26(27(35)36)38-6-3/h7-8,11-16,22,26H,4-6,9-10,17-20H2,1-3H3,(H,33,37)(H,35,36). The number of carbonyl (C=O) groups is 2. The fraction of sp³-hybridized carbons (Fsp3) is 0.517. The van der Waals surface area contributed by atoms with Gasteiger partial charge >= 0.3 is 18.2 Å². The summed E-state index contributed by atoms with van der Waals surface area (Å²) in [7, 11) is 0.